The number of nitrogens with zero attached hydrogens (tertiary/aromatic N) is 5. The van der Waals surface area contributed by atoms with Crippen molar-refractivity contribution >= 4 is 11.6 Å². The lowest BCUT2D eigenvalue weighted by atomic mass is 9.96. The summed E-state index contributed by atoms with van der Waals surface area (Å²) in [4.78, 5) is 11.3. The summed E-state index contributed by atoms with van der Waals surface area (Å²) in [5.74, 6) is -0.568. The van der Waals surface area contributed by atoms with Crippen molar-refractivity contribution in [1.29, 1.82) is 0 Å². The summed E-state index contributed by atoms with van der Waals surface area (Å²) >= 11 is 0. The molecule has 0 unspecified atom stereocenters. The molecule has 0 atom stereocenters. The second-order valence-electron chi connectivity index (χ2n) is 7.69. The first kappa shape index (κ1) is 25.4. The first-order chi connectivity index (χ1) is 16.2. The number of fused-ring (bicyclic) bond motifs is 1. The summed E-state index contributed by atoms with van der Waals surface area (Å²) in [5, 5.41) is 20.7. The fourth-order valence-electron chi connectivity index (χ4n) is 3.61. The maximum absolute atomic E-state index is 10.6. The van der Waals surface area contributed by atoms with Gasteiger partial charge in [0.1, 0.15) is 5.75 Å². The van der Waals surface area contributed by atoms with Crippen molar-refractivity contribution in [3.05, 3.63) is 42.2 Å². The van der Waals surface area contributed by atoms with Crippen LogP contribution in [0.1, 0.15) is 24.6 Å². The zero-order chi connectivity index (χ0) is 24.7. The number of rotatable bonds is 6. The number of carboxylic acids is 1. The third-order valence-corrected chi connectivity index (χ3v) is 5.48. The Bertz CT molecular complexity index is 1080. The minimum atomic E-state index is -5.08. The molecule has 0 aliphatic carbocycles. The molecule has 1 aromatic carbocycles. The highest BCUT2D eigenvalue weighted by molar-refractivity contribution is 5.73. The van der Waals surface area contributed by atoms with Gasteiger partial charge in [0.25, 0.3) is 0 Å². The van der Waals surface area contributed by atoms with Crippen molar-refractivity contribution < 1.29 is 32.5 Å². The standard InChI is InChI=1S/C20H25N5O2.C2HF3O2/c1-26-14-13-24-11-9-16(10-12-24)20-22-21-19-8-7-18(23-25(19)20)15-3-5-17(27-2)6-4-15;3-2(4,5)1(6)7/h3-8,16H,9-14H2,1-2H3;(H,6,7). The van der Waals surface area contributed by atoms with Gasteiger partial charge in [-0.05, 0) is 62.3 Å². The van der Waals surface area contributed by atoms with Crippen molar-refractivity contribution in [3.8, 4) is 17.0 Å². The molecule has 0 amide bonds. The highest BCUT2D eigenvalue weighted by Gasteiger charge is 2.38. The molecular formula is C22H26F3N5O4. The monoisotopic (exact) mass is 481 g/mol. The Morgan fingerprint density at radius 1 is 1.09 bits per heavy atom. The molecule has 1 aliphatic heterocycles. The van der Waals surface area contributed by atoms with E-state index in [1.165, 1.54) is 0 Å². The van der Waals surface area contributed by atoms with E-state index in [9.17, 15) is 13.2 Å². The topological polar surface area (TPSA) is 102 Å². The zero-order valence-corrected chi connectivity index (χ0v) is 18.8. The van der Waals surface area contributed by atoms with Gasteiger partial charge in [0.05, 0.1) is 19.4 Å². The summed E-state index contributed by atoms with van der Waals surface area (Å²) < 4.78 is 44.1. The molecule has 1 aliphatic rings. The number of halogens is 3. The second kappa shape index (κ2) is 11.3. The Morgan fingerprint density at radius 3 is 2.29 bits per heavy atom. The van der Waals surface area contributed by atoms with Crippen LogP contribution in [0.15, 0.2) is 36.4 Å². The SMILES string of the molecule is COCCN1CCC(c2nnc3ccc(-c4ccc(OC)cc4)nn23)CC1.O=C(O)C(F)(F)F. The quantitative estimate of drug-likeness (QED) is 0.573. The van der Waals surface area contributed by atoms with E-state index in [0.29, 0.717) is 5.92 Å². The van der Waals surface area contributed by atoms with Crippen molar-refractivity contribution in [2.45, 2.75) is 24.9 Å². The molecule has 0 saturated carbocycles. The average Bonchev–Trinajstić information content (AvgIpc) is 3.26. The van der Waals surface area contributed by atoms with Gasteiger partial charge in [-0.1, -0.05) is 0 Å². The van der Waals surface area contributed by atoms with Crippen LogP contribution < -0.4 is 4.74 Å². The molecule has 0 radical (unpaired) electrons. The maximum Gasteiger partial charge on any atom is 0.490 e. The Hall–Kier alpha value is -3.25. The number of methoxy groups -OCH3 is 2. The van der Waals surface area contributed by atoms with Gasteiger partial charge in [-0.15, -0.1) is 10.2 Å². The van der Waals surface area contributed by atoms with Crippen LogP contribution in [0.4, 0.5) is 13.2 Å². The van der Waals surface area contributed by atoms with Gasteiger partial charge in [0.2, 0.25) is 0 Å². The predicted molar refractivity (Wildman–Crippen MR) is 117 cm³/mol. The van der Waals surface area contributed by atoms with Gasteiger partial charge in [-0.3, -0.25) is 0 Å². The van der Waals surface area contributed by atoms with Gasteiger partial charge >= 0.3 is 12.1 Å². The van der Waals surface area contributed by atoms with Gasteiger partial charge in [0.15, 0.2) is 11.5 Å². The van der Waals surface area contributed by atoms with Crippen LogP contribution in [0.2, 0.25) is 0 Å². The molecule has 0 spiro atoms. The van der Waals surface area contributed by atoms with E-state index in [1.54, 1.807) is 14.2 Å². The Balaban J connectivity index is 0.000000406. The normalized spacial score (nSPS) is 15.1. The van der Waals surface area contributed by atoms with Crippen molar-refractivity contribution in [2.75, 3.05) is 40.5 Å². The lowest BCUT2D eigenvalue weighted by Crippen LogP contribution is -2.35. The average molecular weight is 481 g/mol. The summed E-state index contributed by atoms with van der Waals surface area (Å²) in [5.41, 5.74) is 2.75. The number of piperidine rings is 1. The van der Waals surface area contributed by atoms with Crippen molar-refractivity contribution in [2.24, 2.45) is 0 Å². The van der Waals surface area contributed by atoms with Crippen LogP contribution in [-0.4, -0.2) is 82.4 Å². The second-order valence-corrected chi connectivity index (χ2v) is 7.69. The molecule has 9 nitrogen and oxygen atoms in total. The molecule has 1 N–H and O–H groups in total. The first-order valence-electron chi connectivity index (χ1n) is 10.6. The summed E-state index contributed by atoms with van der Waals surface area (Å²) in [6, 6.07) is 11.9. The molecular weight excluding hydrogens is 455 g/mol. The van der Waals surface area contributed by atoms with E-state index in [0.717, 1.165) is 67.6 Å². The Labute approximate surface area is 194 Å². The number of aliphatic carboxylic acids is 1. The molecule has 3 heterocycles. The summed E-state index contributed by atoms with van der Waals surface area (Å²) in [6.45, 7) is 3.89. The largest absolute Gasteiger partial charge is 0.497 e. The molecule has 1 fully saturated rings. The van der Waals surface area contributed by atoms with Gasteiger partial charge in [-0.25, -0.2) is 4.79 Å². The third-order valence-electron chi connectivity index (χ3n) is 5.48. The number of hydrogen-bond acceptors (Lipinski definition) is 7. The highest BCUT2D eigenvalue weighted by atomic mass is 19.4. The van der Waals surface area contributed by atoms with Crippen LogP contribution in [0.25, 0.3) is 16.9 Å². The number of alkyl halides is 3. The minimum absolute atomic E-state index is 0.386. The number of ether oxygens (including phenoxy) is 2. The fourth-order valence-corrected chi connectivity index (χ4v) is 3.61. The Morgan fingerprint density at radius 2 is 1.74 bits per heavy atom. The van der Waals surface area contributed by atoms with Crippen LogP contribution in [0.3, 0.4) is 0 Å². The lowest BCUT2D eigenvalue weighted by molar-refractivity contribution is -0.192. The van der Waals surface area contributed by atoms with E-state index in [1.807, 2.05) is 40.9 Å². The third kappa shape index (κ3) is 6.41. The van der Waals surface area contributed by atoms with E-state index >= 15 is 0 Å². The van der Waals surface area contributed by atoms with E-state index < -0.39 is 12.1 Å². The molecule has 0 bridgehead atoms. The van der Waals surface area contributed by atoms with Gasteiger partial charge < -0.3 is 19.5 Å². The maximum atomic E-state index is 10.6. The number of likely N-dealkylation sites (tertiary alicyclic amines) is 1. The molecule has 1 saturated heterocycles. The van der Waals surface area contributed by atoms with Gasteiger partial charge in [-0.2, -0.15) is 22.8 Å². The van der Waals surface area contributed by atoms with Gasteiger partial charge in [0, 0.05) is 25.1 Å². The van der Waals surface area contributed by atoms with E-state index in [2.05, 4.69) is 15.1 Å². The van der Waals surface area contributed by atoms with E-state index in [-0.39, 0.29) is 0 Å². The van der Waals surface area contributed by atoms with Crippen molar-refractivity contribution in [3.63, 3.8) is 0 Å². The molecule has 34 heavy (non-hydrogen) atoms. The van der Waals surface area contributed by atoms with Crippen LogP contribution in [0.5, 0.6) is 5.75 Å². The summed E-state index contributed by atoms with van der Waals surface area (Å²) in [7, 11) is 3.42. The first-order valence-corrected chi connectivity index (χ1v) is 10.6. The number of hydrogen-bond donors (Lipinski definition) is 1. The van der Waals surface area contributed by atoms with Crippen LogP contribution in [-0.2, 0) is 9.53 Å². The van der Waals surface area contributed by atoms with Crippen LogP contribution >= 0.6 is 0 Å². The number of aromatic nitrogens is 4. The molecule has 2 aromatic heterocycles. The number of carbonyl (C=O) groups is 1. The number of carboxylic acid groups (broad SMARTS) is 1. The Kier molecular flexibility index (Phi) is 8.40. The van der Waals surface area contributed by atoms with Crippen LogP contribution in [0, 0.1) is 0 Å². The molecule has 12 heteroatoms. The highest BCUT2D eigenvalue weighted by Crippen LogP contribution is 2.28. The predicted octanol–water partition coefficient (Wildman–Crippen LogP) is 3.26. The smallest absolute Gasteiger partial charge is 0.490 e. The summed E-state index contributed by atoms with van der Waals surface area (Å²) in [6.07, 6.45) is -2.95. The fraction of sp³-hybridized carbons (Fsp3) is 0.455. The molecule has 184 valence electrons. The number of benzene rings is 1. The molecule has 3 aromatic rings. The van der Waals surface area contributed by atoms with Crippen molar-refractivity contribution in [1.82, 2.24) is 24.7 Å². The van der Waals surface area contributed by atoms with E-state index in [4.69, 9.17) is 24.5 Å². The molecule has 4 rings (SSSR count). The lowest BCUT2D eigenvalue weighted by Gasteiger charge is -2.30. The zero-order valence-electron chi connectivity index (χ0n) is 18.8. The minimum Gasteiger partial charge on any atom is -0.497 e.